The maximum Gasteiger partial charge on any atom is 0.587 e. The summed E-state index contributed by atoms with van der Waals surface area (Å²) in [5, 5.41) is 7.42. The third-order valence-corrected chi connectivity index (χ3v) is 4.85. The second kappa shape index (κ2) is 10.3. The lowest BCUT2D eigenvalue weighted by molar-refractivity contribution is -0.135. The van der Waals surface area contributed by atoms with Crippen molar-refractivity contribution in [1.82, 2.24) is 9.88 Å². The van der Waals surface area contributed by atoms with Gasteiger partial charge in [-0.2, -0.15) is 0 Å². The normalized spacial score (nSPS) is 13.1. The minimum absolute atomic E-state index is 0.0439. The van der Waals surface area contributed by atoms with Crippen molar-refractivity contribution in [2.24, 2.45) is 0 Å². The topological polar surface area (TPSA) is 125 Å². The smallest absolute Gasteiger partial charge is 0.557 e. The highest BCUT2D eigenvalue weighted by molar-refractivity contribution is 7.48. The summed E-state index contributed by atoms with van der Waals surface area (Å²) in [6.45, 7) is 0.800. The lowest BCUT2D eigenvalue weighted by Crippen LogP contribution is -2.14. The molecule has 1 aromatic carbocycles. The van der Waals surface area contributed by atoms with Crippen molar-refractivity contribution in [3.8, 4) is 5.75 Å². The van der Waals surface area contributed by atoms with Gasteiger partial charge in [0.2, 0.25) is 0 Å². The summed E-state index contributed by atoms with van der Waals surface area (Å²) in [6, 6.07) is 5.10. The highest BCUT2D eigenvalue weighted by Crippen LogP contribution is 2.46. The van der Waals surface area contributed by atoms with Gasteiger partial charge in [-0.25, -0.2) is 4.57 Å². The summed E-state index contributed by atoms with van der Waals surface area (Å²) in [5.74, 6) is -0.639. The number of H-pyrrole nitrogens is 1. The van der Waals surface area contributed by atoms with E-state index in [1.165, 1.54) is 0 Å². The van der Waals surface area contributed by atoms with Crippen LogP contribution in [0.3, 0.4) is 0 Å². The molecule has 0 fully saturated rings. The van der Waals surface area contributed by atoms with Gasteiger partial charge in [0.05, 0.1) is 0 Å². The van der Waals surface area contributed by atoms with Crippen LogP contribution in [0.15, 0.2) is 24.4 Å². The molecule has 0 saturated heterocycles. The number of hydrogen-bond donors (Lipinski definition) is 3. The largest absolute Gasteiger partial charge is 0.587 e. The molecule has 9 nitrogen and oxygen atoms in total. The van der Waals surface area contributed by atoms with Crippen molar-refractivity contribution in [1.29, 1.82) is 5.41 Å². The summed E-state index contributed by atoms with van der Waals surface area (Å²) in [7, 11) is -0.384. The summed E-state index contributed by atoms with van der Waals surface area (Å²) >= 11 is 0. The van der Waals surface area contributed by atoms with Crippen LogP contribution in [-0.4, -0.2) is 55.3 Å². The highest BCUT2D eigenvalue weighted by Gasteiger charge is 2.29. The average molecular weight is 409 g/mol. The third-order valence-electron chi connectivity index (χ3n) is 3.98. The second-order valence-corrected chi connectivity index (χ2v) is 7.82. The van der Waals surface area contributed by atoms with Crippen molar-refractivity contribution >= 4 is 38.6 Å². The molecule has 1 aromatic heterocycles. The Labute approximate surface area is 164 Å². The van der Waals surface area contributed by atoms with Crippen LogP contribution in [0.5, 0.6) is 5.75 Å². The third kappa shape index (κ3) is 6.71. The molecule has 2 aromatic rings. The first-order chi connectivity index (χ1) is 13.3. The zero-order chi connectivity index (χ0) is 20.6. The van der Waals surface area contributed by atoms with Gasteiger partial charge in [0, 0.05) is 30.1 Å². The van der Waals surface area contributed by atoms with Gasteiger partial charge in [0.15, 0.2) is 0 Å². The molecule has 0 radical (unpaired) electrons. The van der Waals surface area contributed by atoms with E-state index in [0.29, 0.717) is 25.6 Å². The van der Waals surface area contributed by atoms with E-state index in [9.17, 15) is 14.3 Å². The first-order valence-electron chi connectivity index (χ1n) is 8.91. The average Bonchev–Trinajstić information content (AvgIpc) is 3.03. The number of likely N-dealkylation sites (N-methyl/N-ethyl adjacent to an activating group) is 1. The predicted octanol–water partition coefficient (Wildman–Crippen LogP) is 2.47. The molecule has 1 heterocycles. The molecule has 152 valence electrons. The first kappa shape index (κ1) is 22.0. The van der Waals surface area contributed by atoms with Gasteiger partial charge >= 0.3 is 21.3 Å². The number of aromatic nitrogens is 1. The number of aromatic amines is 1. The van der Waals surface area contributed by atoms with Crippen molar-refractivity contribution in [3.05, 3.63) is 30.0 Å². The van der Waals surface area contributed by atoms with Crippen molar-refractivity contribution in [2.75, 3.05) is 20.6 Å². The second-order valence-electron chi connectivity index (χ2n) is 6.51. The van der Waals surface area contributed by atoms with Gasteiger partial charge in [0.1, 0.15) is 12.2 Å². The van der Waals surface area contributed by atoms with E-state index in [1.807, 2.05) is 31.3 Å². The molecule has 0 spiro atoms. The van der Waals surface area contributed by atoms with Crippen LogP contribution in [0.2, 0.25) is 6.32 Å². The van der Waals surface area contributed by atoms with Gasteiger partial charge in [0.25, 0.3) is 0 Å². The van der Waals surface area contributed by atoms with E-state index < -0.39 is 13.8 Å². The van der Waals surface area contributed by atoms with Crippen molar-refractivity contribution < 1.29 is 28.0 Å². The zero-order valence-electron chi connectivity index (χ0n) is 16.0. The fourth-order valence-electron chi connectivity index (χ4n) is 2.67. The van der Waals surface area contributed by atoms with E-state index >= 15 is 0 Å². The quantitative estimate of drug-likeness (QED) is 0.162. The number of carbonyl (C=O) groups is 1. The van der Waals surface area contributed by atoms with Gasteiger partial charge in [-0.05, 0) is 51.0 Å². The van der Waals surface area contributed by atoms with Crippen LogP contribution in [0.25, 0.3) is 10.9 Å². The number of carbonyl (C=O) groups excluding carboxylic acids is 1. The lowest BCUT2D eigenvalue weighted by Gasteiger charge is -2.14. The van der Waals surface area contributed by atoms with Crippen molar-refractivity contribution in [3.63, 3.8) is 0 Å². The fraction of sp³-hybridized carbons (Fsp3) is 0.412. The monoisotopic (exact) mass is 409 g/mol. The highest BCUT2D eigenvalue weighted by atomic mass is 31.2. The molecular formula is C17H25BN3O6P. The van der Waals surface area contributed by atoms with E-state index in [1.54, 1.807) is 12.1 Å². The summed E-state index contributed by atoms with van der Waals surface area (Å²) in [4.78, 5) is 27.0. The van der Waals surface area contributed by atoms with Crippen LogP contribution in [0.1, 0.15) is 18.4 Å². The van der Waals surface area contributed by atoms with E-state index in [2.05, 4.69) is 9.51 Å². The minimum atomic E-state index is -4.61. The molecule has 0 bridgehead atoms. The van der Waals surface area contributed by atoms with Crippen LogP contribution < -0.4 is 4.52 Å². The number of phosphoric ester groups is 1. The van der Waals surface area contributed by atoms with Gasteiger partial charge in [-0.3, -0.25) is 15.1 Å². The Morgan fingerprint density at radius 2 is 2.21 bits per heavy atom. The Kier molecular flexibility index (Phi) is 8.11. The maximum atomic E-state index is 12.3. The predicted molar refractivity (Wildman–Crippen MR) is 108 cm³/mol. The maximum absolute atomic E-state index is 12.3. The molecule has 2 rings (SSSR count). The van der Waals surface area contributed by atoms with Crippen LogP contribution >= 0.6 is 7.82 Å². The summed E-state index contributed by atoms with van der Waals surface area (Å²) in [5.41, 5.74) is 1.71. The fourth-order valence-corrected chi connectivity index (χ4v) is 3.45. The molecule has 0 aliphatic rings. The van der Waals surface area contributed by atoms with Crippen LogP contribution in [0.4, 0.5) is 0 Å². The van der Waals surface area contributed by atoms with Gasteiger partial charge in [-0.1, -0.05) is 6.07 Å². The number of rotatable bonds is 12. The number of phosphoric acid groups is 1. The Balaban J connectivity index is 2.03. The van der Waals surface area contributed by atoms with Crippen molar-refractivity contribution in [2.45, 2.75) is 25.6 Å². The minimum Gasteiger partial charge on any atom is -0.557 e. The number of nitrogens with zero attached hydrogens (tertiary/aromatic N) is 1. The molecule has 0 saturated carbocycles. The Morgan fingerprint density at radius 3 is 2.93 bits per heavy atom. The van der Waals surface area contributed by atoms with Crippen LogP contribution in [-0.2, 0) is 25.0 Å². The zero-order valence-corrected chi connectivity index (χ0v) is 16.9. The SMILES string of the molecule is CN(C)CCc1c[nH]c2cccc(OP(=O)(O)OC(=O)CCCBOC=N)c12. The molecule has 0 amide bonds. The van der Waals surface area contributed by atoms with E-state index in [0.717, 1.165) is 30.4 Å². The molecule has 1 atom stereocenters. The molecule has 0 aliphatic heterocycles. The van der Waals surface area contributed by atoms with Crippen LogP contribution in [0, 0.1) is 5.41 Å². The van der Waals surface area contributed by atoms with E-state index in [-0.39, 0.29) is 12.2 Å². The standard InChI is InChI=1S/C17H25BN3O6P/c1-21(2)10-8-13-11-20-14-5-3-6-15(17(13)14)26-28(23,24)27-16(22)7-4-9-18-25-12-19/h3,5-6,11-12,18-20H,4,7-10H2,1-2H3,(H,23,24). The van der Waals surface area contributed by atoms with Gasteiger partial charge in [-0.15, -0.1) is 0 Å². The molecule has 3 N–H and O–H groups in total. The number of fused-ring (bicyclic) bond motifs is 1. The summed E-state index contributed by atoms with van der Waals surface area (Å²) in [6.07, 6.45) is 4.28. The first-order valence-corrected chi connectivity index (χ1v) is 10.4. The molecule has 11 heteroatoms. The Hall–Kier alpha value is -2.29. The van der Waals surface area contributed by atoms with Gasteiger partial charge < -0.3 is 23.6 Å². The number of hydrogen-bond acceptors (Lipinski definition) is 7. The number of benzene rings is 1. The molecule has 28 heavy (non-hydrogen) atoms. The lowest BCUT2D eigenvalue weighted by atomic mass is 9.92. The summed E-state index contributed by atoms with van der Waals surface area (Å²) < 4.78 is 26.9. The van der Waals surface area contributed by atoms with E-state index in [4.69, 9.17) is 14.6 Å². The molecule has 1 unspecified atom stereocenters. The Morgan fingerprint density at radius 1 is 1.43 bits per heavy atom. The number of nitrogens with one attached hydrogen (secondary N) is 2. The molecular weight excluding hydrogens is 384 g/mol. The Bertz CT molecular complexity index is 857. The molecule has 0 aliphatic carbocycles.